The van der Waals surface area contributed by atoms with E-state index in [2.05, 4.69) is 5.32 Å². The van der Waals surface area contributed by atoms with E-state index in [1.165, 1.54) is 0 Å². The van der Waals surface area contributed by atoms with Gasteiger partial charge in [0, 0.05) is 17.5 Å². The van der Waals surface area contributed by atoms with Crippen LogP contribution < -0.4 is 10.1 Å². The van der Waals surface area contributed by atoms with Gasteiger partial charge in [0.1, 0.15) is 36.2 Å². The monoisotopic (exact) mass is 523 g/mol. The number of hydrogen-bond donors (Lipinski definition) is 6. The van der Waals surface area contributed by atoms with Gasteiger partial charge in [0.2, 0.25) is 6.29 Å². The smallest absolute Gasteiger partial charge is 0.326 e. The predicted molar refractivity (Wildman–Crippen MR) is 135 cm³/mol. The number of carbonyl (C=O) groups is 2. The van der Waals surface area contributed by atoms with Crippen LogP contribution in [0.2, 0.25) is 0 Å². The molecule has 38 heavy (non-hydrogen) atoms. The Morgan fingerprint density at radius 1 is 0.868 bits per heavy atom. The molecule has 1 aliphatic heterocycles. The Morgan fingerprint density at radius 2 is 1.53 bits per heavy atom. The minimum absolute atomic E-state index is 0.142. The highest BCUT2D eigenvalue weighted by Gasteiger charge is 2.44. The van der Waals surface area contributed by atoms with Crippen LogP contribution in [0.15, 0.2) is 78.9 Å². The lowest BCUT2D eigenvalue weighted by Crippen LogP contribution is -2.60. The second-order valence-electron chi connectivity index (χ2n) is 8.94. The molecule has 0 bridgehead atoms. The molecule has 4 rings (SSSR count). The summed E-state index contributed by atoms with van der Waals surface area (Å²) in [5.41, 5.74) is 2.29. The third-order valence-electron chi connectivity index (χ3n) is 6.32. The first-order chi connectivity index (χ1) is 18.3. The summed E-state index contributed by atoms with van der Waals surface area (Å²) < 4.78 is 11.3. The van der Waals surface area contributed by atoms with E-state index >= 15 is 0 Å². The van der Waals surface area contributed by atoms with Crippen molar-refractivity contribution in [2.75, 3.05) is 6.61 Å². The van der Waals surface area contributed by atoms with Gasteiger partial charge in [-0.2, -0.15) is 0 Å². The molecule has 0 saturated carbocycles. The summed E-state index contributed by atoms with van der Waals surface area (Å²) in [5, 5.41) is 51.9. The number of benzene rings is 3. The van der Waals surface area contributed by atoms with Gasteiger partial charge in [-0.1, -0.05) is 60.7 Å². The summed E-state index contributed by atoms with van der Waals surface area (Å²) in [7, 11) is 0. The lowest BCUT2D eigenvalue weighted by atomic mass is 9.99. The summed E-state index contributed by atoms with van der Waals surface area (Å²) in [6.45, 7) is -0.579. The largest absolute Gasteiger partial charge is 0.480 e. The van der Waals surface area contributed by atoms with Gasteiger partial charge in [-0.15, -0.1) is 0 Å². The van der Waals surface area contributed by atoms with Crippen LogP contribution in [0.25, 0.3) is 11.1 Å². The lowest BCUT2D eigenvalue weighted by molar-refractivity contribution is -0.277. The first kappa shape index (κ1) is 27.2. The van der Waals surface area contributed by atoms with Crippen molar-refractivity contribution in [2.24, 2.45) is 0 Å². The van der Waals surface area contributed by atoms with E-state index in [0.29, 0.717) is 16.9 Å². The van der Waals surface area contributed by atoms with E-state index in [4.69, 9.17) is 9.47 Å². The zero-order valence-electron chi connectivity index (χ0n) is 20.3. The summed E-state index contributed by atoms with van der Waals surface area (Å²) in [4.78, 5) is 24.5. The molecular weight excluding hydrogens is 494 g/mol. The van der Waals surface area contributed by atoms with E-state index in [1.54, 1.807) is 72.8 Å². The second-order valence-corrected chi connectivity index (χ2v) is 8.94. The van der Waals surface area contributed by atoms with Crippen molar-refractivity contribution in [1.82, 2.24) is 5.32 Å². The average Bonchev–Trinajstić information content (AvgIpc) is 2.94. The summed E-state index contributed by atoms with van der Waals surface area (Å²) in [6.07, 6.45) is -6.97. The first-order valence-corrected chi connectivity index (χ1v) is 12.0. The van der Waals surface area contributed by atoms with Gasteiger partial charge in [-0.05, 0) is 29.3 Å². The number of nitrogens with one attached hydrogen (secondary N) is 1. The van der Waals surface area contributed by atoms with Crippen LogP contribution in [-0.2, 0) is 16.0 Å². The van der Waals surface area contributed by atoms with Crippen molar-refractivity contribution >= 4 is 11.9 Å². The molecule has 1 fully saturated rings. The molecule has 1 heterocycles. The quantitative estimate of drug-likeness (QED) is 0.240. The van der Waals surface area contributed by atoms with Crippen LogP contribution in [0.5, 0.6) is 5.75 Å². The molecular formula is C28H29NO9. The fraction of sp³-hybridized carbons (Fsp3) is 0.286. The van der Waals surface area contributed by atoms with Gasteiger partial charge in [0.25, 0.3) is 5.91 Å². The lowest BCUT2D eigenvalue weighted by Gasteiger charge is -2.39. The number of ether oxygens (including phenoxy) is 2. The van der Waals surface area contributed by atoms with Crippen LogP contribution in [0.3, 0.4) is 0 Å². The van der Waals surface area contributed by atoms with Crippen LogP contribution >= 0.6 is 0 Å². The summed E-state index contributed by atoms with van der Waals surface area (Å²) in [6, 6.07) is 21.2. The molecule has 0 aromatic heterocycles. The van der Waals surface area contributed by atoms with Gasteiger partial charge in [-0.3, -0.25) is 4.79 Å². The zero-order valence-corrected chi connectivity index (χ0v) is 20.3. The molecule has 1 aliphatic rings. The minimum atomic E-state index is -1.58. The Labute approximate surface area is 218 Å². The first-order valence-electron chi connectivity index (χ1n) is 12.0. The number of hydrogen-bond acceptors (Lipinski definition) is 8. The third kappa shape index (κ3) is 6.18. The Hall–Kier alpha value is -3.80. The molecule has 0 aliphatic carbocycles. The SMILES string of the molecule is O=C(N[C@@H](Cc1ccccc1)C(=O)O)c1ccc(-c2ccccc2O[C@H]2O[C@H](CO)[C@@H](O)[C@@H](O)[C@@H]2O)cc1. The second kappa shape index (κ2) is 12.2. The molecule has 3 aromatic carbocycles. The highest BCUT2D eigenvalue weighted by Crippen LogP contribution is 2.33. The third-order valence-corrected chi connectivity index (χ3v) is 6.32. The molecule has 0 unspecified atom stereocenters. The van der Waals surface area contributed by atoms with Crippen molar-refractivity contribution in [2.45, 2.75) is 43.2 Å². The highest BCUT2D eigenvalue weighted by atomic mass is 16.7. The maximum absolute atomic E-state index is 12.8. The van der Waals surface area contributed by atoms with Crippen LogP contribution in [-0.4, -0.2) is 80.8 Å². The molecule has 3 aromatic rings. The number of carboxylic acids is 1. The molecule has 6 atom stereocenters. The van der Waals surface area contributed by atoms with Crippen LogP contribution in [0, 0.1) is 0 Å². The van der Waals surface area contributed by atoms with Gasteiger partial charge < -0.3 is 40.3 Å². The van der Waals surface area contributed by atoms with Gasteiger partial charge in [0.15, 0.2) is 0 Å². The van der Waals surface area contributed by atoms with Crippen molar-refractivity contribution in [3.05, 3.63) is 90.0 Å². The van der Waals surface area contributed by atoms with E-state index in [9.17, 15) is 35.1 Å². The molecule has 1 saturated heterocycles. The summed E-state index contributed by atoms with van der Waals surface area (Å²) >= 11 is 0. The highest BCUT2D eigenvalue weighted by molar-refractivity contribution is 5.97. The molecule has 1 amide bonds. The van der Waals surface area contributed by atoms with Gasteiger partial charge in [-0.25, -0.2) is 4.79 Å². The zero-order chi connectivity index (χ0) is 27.2. The Bertz CT molecular complexity index is 1230. The maximum atomic E-state index is 12.8. The minimum Gasteiger partial charge on any atom is -0.480 e. The maximum Gasteiger partial charge on any atom is 0.326 e. The molecule has 0 radical (unpaired) electrons. The number of para-hydroxylation sites is 1. The Balaban J connectivity index is 1.48. The van der Waals surface area contributed by atoms with Crippen molar-refractivity contribution in [1.29, 1.82) is 0 Å². The molecule has 10 nitrogen and oxygen atoms in total. The number of rotatable bonds is 9. The Morgan fingerprint density at radius 3 is 2.18 bits per heavy atom. The van der Waals surface area contributed by atoms with Crippen LogP contribution in [0.1, 0.15) is 15.9 Å². The normalized spacial score (nSPS) is 23.8. The van der Waals surface area contributed by atoms with Gasteiger partial charge >= 0.3 is 5.97 Å². The number of amides is 1. The molecule has 6 N–H and O–H groups in total. The topological polar surface area (TPSA) is 166 Å². The fourth-order valence-corrected chi connectivity index (χ4v) is 4.19. The van der Waals surface area contributed by atoms with E-state index in [-0.39, 0.29) is 12.0 Å². The fourth-order valence-electron chi connectivity index (χ4n) is 4.19. The van der Waals surface area contributed by atoms with E-state index < -0.39 is 55.2 Å². The number of aliphatic hydroxyl groups is 4. The van der Waals surface area contributed by atoms with Crippen LogP contribution in [0.4, 0.5) is 0 Å². The molecule has 0 spiro atoms. The van der Waals surface area contributed by atoms with Crippen molar-refractivity contribution in [3.8, 4) is 16.9 Å². The summed E-state index contributed by atoms with van der Waals surface area (Å²) in [5.74, 6) is -1.38. The van der Waals surface area contributed by atoms with E-state index in [1.807, 2.05) is 6.07 Å². The number of carbonyl (C=O) groups excluding carboxylic acids is 1. The van der Waals surface area contributed by atoms with Gasteiger partial charge in [0.05, 0.1) is 6.61 Å². The average molecular weight is 524 g/mol. The van der Waals surface area contributed by atoms with Crippen molar-refractivity contribution in [3.63, 3.8) is 0 Å². The Kier molecular flexibility index (Phi) is 8.72. The van der Waals surface area contributed by atoms with E-state index in [0.717, 1.165) is 5.56 Å². The molecule has 200 valence electrons. The number of aliphatic hydroxyl groups excluding tert-OH is 4. The standard InChI is InChI=1S/C28H29NO9/c30-15-22-23(31)24(32)25(33)28(38-22)37-21-9-5-4-8-19(21)17-10-12-18(13-11-17)26(34)29-20(27(35)36)14-16-6-2-1-3-7-16/h1-13,20,22-25,28,30-33H,14-15H2,(H,29,34)(H,35,36)/t20-,22+,23+,24+,25-,28-/m0/s1. The molecule has 10 heteroatoms. The number of carboxylic acid groups (broad SMARTS) is 1. The predicted octanol–water partition coefficient (Wildman–Crippen LogP) is 0.958. The number of aliphatic carboxylic acids is 1. The van der Waals surface area contributed by atoms with Crippen molar-refractivity contribution < 1.29 is 44.6 Å².